The Labute approximate surface area is 274 Å². The molecule has 0 unspecified atom stereocenters. The molecule has 0 amide bonds. The van der Waals surface area contributed by atoms with E-state index >= 15 is 0 Å². The summed E-state index contributed by atoms with van der Waals surface area (Å²) in [5.74, 6) is 0.528. The van der Waals surface area contributed by atoms with Gasteiger partial charge in [0.05, 0.1) is 47.9 Å². The fourth-order valence-corrected chi connectivity index (χ4v) is 7.64. The zero-order valence-corrected chi connectivity index (χ0v) is 28.4. The highest BCUT2D eigenvalue weighted by atomic mass is 32.2. The molecule has 0 atom stereocenters. The number of aliphatic hydroxyl groups is 1. The molecular weight excluding hydrogens is 647 g/mol. The number of β-amino-alcohol motifs (C(OH)–C–C–N with tert-alkyl or cyclic N) is 1. The topological polar surface area (TPSA) is 180 Å². The molecule has 5 rings (SSSR count). The van der Waals surface area contributed by atoms with Crippen LogP contribution in [0.15, 0.2) is 52.2 Å². The molecule has 1 saturated heterocycles. The first kappa shape index (κ1) is 34.5. The average Bonchev–Trinajstić information content (AvgIpc) is 3.38. The SMILES string of the molecule is CCCOc1ccc(S(=O)(=O)N2CCN(CCO)CC2)cc1-c1nc2c(CCC)nn(Cc3ccccc3NS(C)(=O)=O)c2c(=O)[nH]1. The second-order valence-corrected chi connectivity index (χ2v) is 15.2. The van der Waals surface area contributed by atoms with Gasteiger partial charge in [-0.1, -0.05) is 38.5 Å². The van der Waals surface area contributed by atoms with Crippen molar-refractivity contribution < 1.29 is 26.7 Å². The van der Waals surface area contributed by atoms with Gasteiger partial charge in [-0.3, -0.25) is 19.1 Å². The third-order valence-electron chi connectivity index (χ3n) is 7.84. The number of ether oxygens (including phenoxy) is 1. The van der Waals surface area contributed by atoms with Crippen molar-refractivity contribution >= 4 is 36.8 Å². The van der Waals surface area contributed by atoms with Gasteiger partial charge in [-0.25, -0.2) is 21.8 Å². The van der Waals surface area contributed by atoms with Crippen molar-refractivity contribution in [1.29, 1.82) is 0 Å². The molecular formula is C31H41N7O7S2. The second-order valence-electron chi connectivity index (χ2n) is 11.5. The Balaban J connectivity index is 1.58. The Bertz CT molecular complexity index is 2000. The summed E-state index contributed by atoms with van der Waals surface area (Å²) in [5.41, 5.74) is 2.00. The number of fused-ring (bicyclic) bond motifs is 1. The lowest BCUT2D eigenvalue weighted by Gasteiger charge is -2.33. The molecule has 0 saturated carbocycles. The number of H-pyrrole nitrogens is 1. The minimum atomic E-state index is -3.88. The van der Waals surface area contributed by atoms with E-state index in [0.717, 1.165) is 12.7 Å². The van der Waals surface area contributed by atoms with E-state index in [1.165, 1.54) is 21.1 Å². The zero-order valence-electron chi connectivity index (χ0n) is 26.8. The van der Waals surface area contributed by atoms with Crippen LogP contribution in [0.5, 0.6) is 5.75 Å². The standard InChI is InChI=1S/C31H41N7O7S2/c1-4-8-26-28-29(38(34-26)21-22-9-6-7-10-25(22)35-46(3,41)42)31(40)33-30(32-28)24-20-23(11-12-27(24)45-19-5-2)47(43,44)37-15-13-36(14-16-37)17-18-39/h6-7,9-12,20,35,39H,4-5,8,13-19,21H2,1-3H3,(H,32,33,40). The van der Waals surface area contributed by atoms with Crippen LogP contribution >= 0.6 is 0 Å². The van der Waals surface area contributed by atoms with Crippen molar-refractivity contribution in [3.63, 3.8) is 0 Å². The maximum absolute atomic E-state index is 13.8. The number of nitrogens with zero attached hydrogens (tertiary/aromatic N) is 5. The molecule has 0 bridgehead atoms. The number of aromatic amines is 1. The number of aromatic nitrogens is 4. The van der Waals surface area contributed by atoms with Gasteiger partial charge in [0.15, 0.2) is 5.52 Å². The molecule has 254 valence electrons. The number of para-hydroxylation sites is 1. The highest BCUT2D eigenvalue weighted by Gasteiger charge is 2.30. The molecule has 0 radical (unpaired) electrons. The van der Waals surface area contributed by atoms with Gasteiger partial charge in [-0.05, 0) is 42.7 Å². The maximum atomic E-state index is 13.8. The van der Waals surface area contributed by atoms with Crippen molar-refractivity contribution in [2.45, 2.75) is 44.6 Å². The Hall–Kier alpha value is -3.83. The molecule has 2 aromatic heterocycles. The fourth-order valence-electron chi connectivity index (χ4n) is 5.59. The Morgan fingerprint density at radius 3 is 2.45 bits per heavy atom. The number of hydrogen-bond acceptors (Lipinski definition) is 10. The van der Waals surface area contributed by atoms with E-state index in [4.69, 9.17) is 14.8 Å². The first-order valence-corrected chi connectivity index (χ1v) is 18.9. The van der Waals surface area contributed by atoms with Crippen LogP contribution in [0.3, 0.4) is 0 Å². The molecule has 3 heterocycles. The van der Waals surface area contributed by atoms with Crippen LogP contribution in [-0.4, -0.2) is 103 Å². The number of benzene rings is 2. The van der Waals surface area contributed by atoms with E-state index in [9.17, 15) is 26.7 Å². The van der Waals surface area contributed by atoms with Crippen LogP contribution in [0.1, 0.15) is 37.9 Å². The highest BCUT2D eigenvalue weighted by molar-refractivity contribution is 7.92. The average molecular weight is 688 g/mol. The zero-order chi connectivity index (χ0) is 33.8. The van der Waals surface area contributed by atoms with Crippen molar-refractivity contribution in [2.75, 3.05) is 56.9 Å². The summed E-state index contributed by atoms with van der Waals surface area (Å²) < 4.78 is 62.9. The van der Waals surface area contributed by atoms with Gasteiger partial charge in [0.2, 0.25) is 20.0 Å². The third-order valence-corrected chi connectivity index (χ3v) is 10.3. The second kappa shape index (κ2) is 14.5. The number of nitrogens with one attached hydrogen (secondary N) is 2. The Kier molecular flexibility index (Phi) is 10.7. The quantitative estimate of drug-likeness (QED) is 0.178. The van der Waals surface area contributed by atoms with Gasteiger partial charge < -0.3 is 14.8 Å². The van der Waals surface area contributed by atoms with E-state index < -0.39 is 25.6 Å². The smallest absolute Gasteiger partial charge is 0.277 e. The molecule has 1 aliphatic rings. The molecule has 2 aromatic carbocycles. The number of anilines is 1. The minimum Gasteiger partial charge on any atom is -0.493 e. The molecule has 1 aliphatic heterocycles. The van der Waals surface area contributed by atoms with Crippen LogP contribution in [0.25, 0.3) is 22.4 Å². The predicted octanol–water partition coefficient (Wildman–Crippen LogP) is 2.25. The molecule has 16 heteroatoms. The van der Waals surface area contributed by atoms with Crippen LogP contribution in [0.4, 0.5) is 5.69 Å². The maximum Gasteiger partial charge on any atom is 0.277 e. The van der Waals surface area contributed by atoms with Crippen molar-refractivity contribution in [1.82, 2.24) is 29.0 Å². The summed E-state index contributed by atoms with van der Waals surface area (Å²) in [6.07, 6.45) is 3.04. The van der Waals surface area contributed by atoms with Crippen molar-refractivity contribution in [3.05, 3.63) is 64.1 Å². The Morgan fingerprint density at radius 1 is 1.02 bits per heavy atom. The number of rotatable bonds is 14. The van der Waals surface area contributed by atoms with E-state index in [1.807, 2.05) is 18.7 Å². The lowest BCUT2D eigenvalue weighted by Crippen LogP contribution is -2.49. The summed E-state index contributed by atoms with van der Waals surface area (Å²) >= 11 is 0. The third kappa shape index (κ3) is 7.84. The van der Waals surface area contributed by atoms with Crippen LogP contribution in [-0.2, 0) is 33.0 Å². The minimum absolute atomic E-state index is 0.0113. The summed E-state index contributed by atoms with van der Waals surface area (Å²) in [6, 6.07) is 11.5. The number of sulfonamides is 2. The van der Waals surface area contributed by atoms with E-state index in [-0.39, 0.29) is 42.5 Å². The van der Waals surface area contributed by atoms with E-state index in [0.29, 0.717) is 72.9 Å². The molecule has 14 nitrogen and oxygen atoms in total. The van der Waals surface area contributed by atoms with Crippen molar-refractivity contribution in [3.8, 4) is 17.1 Å². The van der Waals surface area contributed by atoms with E-state index in [2.05, 4.69) is 9.71 Å². The Morgan fingerprint density at radius 2 is 1.77 bits per heavy atom. The number of aliphatic hydroxyl groups excluding tert-OH is 1. The monoisotopic (exact) mass is 687 g/mol. The number of hydrogen-bond donors (Lipinski definition) is 3. The van der Waals surface area contributed by atoms with E-state index in [1.54, 1.807) is 30.3 Å². The number of piperazine rings is 1. The predicted molar refractivity (Wildman–Crippen MR) is 180 cm³/mol. The van der Waals surface area contributed by atoms with Gasteiger partial charge in [0, 0.05) is 32.7 Å². The van der Waals surface area contributed by atoms with Gasteiger partial charge in [0.1, 0.15) is 17.1 Å². The van der Waals surface area contributed by atoms with Crippen LogP contribution in [0.2, 0.25) is 0 Å². The van der Waals surface area contributed by atoms with Gasteiger partial charge >= 0.3 is 0 Å². The van der Waals surface area contributed by atoms with Gasteiger partial charge in [-0.15, -0.1) is 0 Å². The summed E-state index contributed by atoms with van der Waals surface area (Å²) in [4.78, 5) is 23.5. The lowest BCUT2D eigenvalue weighted by atomic mass is 10.1. The number of aryl methyl sites for hydroxylation is 1. The van der Waals surface area contributed by atoms with Crippen LogP contribution in [0, 0.1) is 0 Å². The molecule has 0 spiro atoms. The lowest BCUT2D eigenvalue weighted by molar-refractivity contribution is 0.151. The normalized spacial score (nSPS) is 14.9. The van der Waals surface area contributed by atoms with Gasteiger partial charge in [0.25, 0.3) is 5.56 Å². The van der Waals surface area contributed by atoms with Crippen molar-refractivity contribution in [2.24, 2.45) is 0 Å². The molecule has 4 aromatic rings. The highest BCUT2D eigenvalue weighted by Crippen LogP contribution is 2.33. The summed E-state index contributed by atoms with van der Waals surface area (Å²) in [7, 11) is -7.43. The molecule has 47 heavy (non-hydrogen) atoms. The molecule has 0 aliphatic carbocycles. The molecule has 3 N–H and O–H groups in total. The largest absolute Gasteiger partial charge is 0.493 e. The summed E-state index contributed by atoms with van der Waals surface area (Å²) in [6.45, 7) is 6.51. The first-order chi connectivity index (χ1) is 22.4. The van der Waals surface area contributed by atoms with Crippen LogP contribution < -0.4 is 15.0 Å². The fraction of sp³-hybridized carbons (Fsp3) is 0.452. The van der Waals surface area contributed by atoms with Gasteiger partial charge in [-0.2, -0.15) is 9.40 Å². The first-order valence-electron chi connectivity index (χ1n) is 15.6. The molecule has 1 fully saturated rings. The summed E-state index contributed by atoms with van der Waals surface area (Å²) in [5, 5.41) is 14.0.